The molecule has 33 heavy (non-hydrogen) atoms. The Bertz CT molecular complexity index is 1110. The number of aliphatic hydroxyl groups excluding tert-OH is 3. The van der Waals surface area contributed by atoms with Crippen molar-refractivity contribution < 1.29 is 33.2 Å². The number of aliphatic hydroxyl groups is 3. The van der Waals surface area contributed by atoms with Gasteiger partial charge in [-0.25, -0.2) is 17.9 Å². The maximum absolute atomic E-state index is 13.6. The van der Waals surface area contributed by atoms with Crippen LogP contribution in [-0.4, -0.2) is 60.7 Å². The molecule has 176 valence electrons. The smallest absolute Gasteiger partial charge is 0.194 e. The lowest BCUT2D eigenvalue weighted by molar-refractivity contribution is -0.178. The minimum Gasteiger partial charge on any atom is -0.394 e. The highest BCUT2D eigenvalue weighted by atomic mass is 35.5. The van der Waals surface area contributed by atoms with Crippen LogP contribution in [0.2, 0.25) is 5.02 Å². The van der Waals surface area contributed by atoms with Crippen LogP contribution in [0.25, 0.3) is 11.3 Å². The van der Waals surface area contributed by atoms with Gasteiger partial charge in [-0.05, 0) is 23.8 Å². The number of rotatable bonds is 6. The molecule has 12 heteroatoms. The molecule has 7 nitrogen and oxygen atoms in total. The molecule has 0 aliphatic carbocycles. The molecule has 0 saturated carbocycles. The summed E-state index contributed by atoms with van der Waals surface area (Å²) in [6, 6.07) is 7.61. The van der Waals surface area contributed by atoms with Crippen LogP contribution in [0.5, 0.6) is 0 Å². The van der Waals surface area contributed by atoms with Crippen molar-refractivity contribution in [3.8, 4) is 11.3 Å². The number of nitrogens with zero attached hydrogens (tertiary/aromatic N) is 3. The lowest BCUT2D eigenvalue weighted by atomic mass is 9.97. The quantitative estimate of drug-likeness (QED) is 0.446. The van der Waals surface area contributed by atoms with E-state index in [1.165, 1.54) is 18.0 Å². The van der Waals surface area contributed by atoms with Crippen LogP contribution in [0.4, 0.5) is 13.2 Å². The van der Waals surface area contributed by atoms with E-state index >= 15 is 0 Å². The molecule has 2 aromatic carbocycles. The van der Waals surface area contributed by atoms with Gasteiger partial charge in [-0.3, -0.25) is 0 Å². The predicted molar refractivity (Wildman–Crippen MR) is 115 cm³/mol. The van der Waals surface area contributed by atoms with Crippen LogP contribution < -0.4 is 0 Å². The number of thioether (sulfide) groups is 1. The third-order valence-electron chi connectivity index (χ3n) is 5.30. The number of ether oxygens (including phenoxy) is 1. The molecular formula is C21H19ClF3N3O4S. The zero-order chi connectivity index (χ0) is 23.7. The van der Waals surface area contributed by atoms with E-state index in [1.807, 2.05) is 12.1 Å². The predicted octanol–water partition coefficient (Wildman–Crippen LogP) is 2.93. The van der Waals surface area contributed by atoms with Gasteiger partial charge >= 0.3 is 0 Å². The lowest BCUT2D eigenvalue weighted by Crippen LogP contribution is -2.55. The van der Waals surface area contributed by atoms with Crippen LogP contribution in [0.15, 0.2) is 42.6 Å². The summed E-state index contributed by atoms with van der Waals surface area (Å²) in [6.07, 6.45) is -2.42. The molecule has 0 spiro atoms. The molecule has 1 saturated heterocycles. The molecule has 0 bridgehead atoms. The van der Waals surface area contributed by atoms with E-state index < -0.39 is 53.8 Å². The highest BCUT2D eigenvalue weighted by Crippen LogP contribution is 2.37. The molecule has 0 unspecified atom stereocenters. The zero-order valence-corrected chi connectivity index (χ0v) is 18.4. The minimum atomic E-state index is -1.61. The normalized spacial score (nSPS) is 25.4. The second-order valence-electron chi connectivity index (χ2n) is 7.44. The lowest BCUT2D eigenvalue weighted by Gasteiger charge is -2.41. The van der Waals surface area contributed by atoms with Gasteiger partial charge in [-0.15, -0.1) is 16.9 Å². The van der Waals surface area contributed by atoms with Gasteiger partial charge in [0.15, 0.2) is 17.5 Å². The summed E-state index contributed by atoms with van der Waals surface area (Å²) in [5.41, 5.74) is -0.122. The largest absolute Gasteiger partial charge is 0.394 e. The first-order valence-electron chi connectivity index (χ1n) is 9.84. The van der Waals surface area contributed by atoms with Crippen molar-refractivity contribution in [2.45, 2.75) is 35.5 Å². The van der Waals surface area contributed by atoms with E-state index in [2.05, 4.69) is 10.3 Å². The van der Waals surface area contributed by atoms with E-state index in [4.69, 9.17) is 16.3 Å². The average molecular weight is 502 g/mol. The van der Waals surface area contributed by atoms with Crippen molar-refractivity contribution in [1.29, 1.82) is 0 Å². The molecule has 0 amide bonds. The molecule has 4 rings (SSSR count). The van der Waals surface area contributed by atoms with Gasteiger partial charge in [0.2, 0.25) is 0 Å². The van der Waals surface area contributed by atoms with E-state index in [0.29, 0.717) is 10.8 Å². The molecule has 3 N–H and O–H groups in total. The first kappa shape index (κ1) is 24.0. The second-order valence-corrected chi connectivity index (χ2v) is 8.93. The minimum absolute atomic E-state index is 0.000453. The van der Waals surface area contributed by atoms with Gasteiger partial charge in [0.05, 0.1) is 12.8 Å². The van der Waals surface area contributed by atoms with Gasteiger partial charge in [-0.2, -0.15) is 0 Å². The fourth-order valence-corrected chi connectivity index (χ4v) is 5.02. The van der Waals surface area contributed by atoms with Crippen molar-refractivity contribution in [2.24, 2.45) is 0 Å². The Balaban J connectivity index is 1.58. The average Bonchev–Trinajstić information content (AvgIpc) is 3.27. The van der Waals surface area contributed by atoms with Crippen LogP contribution in [0, 0.1) is 17.5 Å². The molecule has 1 fully saturated rings. The molecule has 3 aromatic rings. The summed E-state index contributed by atoms with van der Waals surface area (Å²) in [7, 11) is 0. The third kappa shape index (κ3) is 4.88. The standard InChI is InChI=1S/C21H19ClF3N3O4S/c22-12-4-2-1-3-10(12)9-33-21-20(31)18(19(30)16(8-29)32-21)28-7-15(26-27-28)11-5-13(23)17(25)14(24)6-11/h1-7,16,18-21,29-31H,8-9H2/t16-,18+,19+,20-,21-/m1/s1. The van der Waals surface area contributed by atoms with Crippen LogP contribution >= 0.6 is 23.4 Å². The summed E-state index contributed by atoms with van der Waals surface area (Å²) >= 11 is 7.40. The van der Waals surface area contributed by atoms with Crippen molar-refractivity contribution in [1.82, 2.24) is 15.0 Å². The van der Waals surface area contributed by atoms with Gasteiger partial charge in [0.1, 0.15) is 35.5 Å². The van der Waals surface area contributed by atoms with Gasteiger partial charge < -0.3 is 20.1 Å². The molecular weight excluding hydrogens is 483 g/mol. The highest BCUT2D eigenvalue weighted by Gasteiger charge is 2.46. The summed E-state index contributed by atoms with van der Waals surface area (Å²) in [5.74, 6) is -3.99. The number of hydrogen-bond donors (Lipinski definition) is 3. The first-order chi connectivity index (χ1) is 15.8. The maximum atomic E-state index is 13.6. The van der Waals surface area contributed by atoms with E-state index in [1.54, 1.807) is 12.1 Å². The van der Waals surface area contributed by atoms with Crippen LogP contribution in [0.1, 0.15) is 11.6 Å². The summed E-state index contributed by atoms with van der Waals surface area (Å²) in [5, 5.41) is 39.5. The third-order valence-corrected chi connectivity index (χ3v) is 6.87. The molecule has 1 aliphatic heterocycles. The Labute approximate surface area is 195 Å². The van der Waals surface area contributed by atoms with Crippen LogP contribution in [-0.2, 0) is 10.5 Å². The summed E-state index contributed by atoms with van der Waals surface area (Å²) in [4.78, 5) is 0. The molecule has 2 heterocycles. The Morgan fingerprint density at radius 1 is 1.09 bits per heavy atom. The zero-order valence-electron chi connectivity index (χ0n) is 16.9. The first-order valence-corrected chi connectivity index (χ1v) is 11.3. The second kappa shape index (κ2) is 10.00. The Hall–Kier alpha value is -2.15. The monoisotopic (exact) mass is 501 g/mol. The van der Waals surface area contributed by atoms with Gasteiger partial charge in [-0.1, -0.05) is 35.0 Å². The Kier molecular flexibility index (Phi) is 7.27. The summed E-state index contributed by atoms with van der Waals surface area (Å²) in [6.45, 7) is -0.524. The number of benzene rings is 2. The molecule has 1 aliphatic rings. The molecule has 1 aromatic heterocycles. The van der Waals surface area contributed by atoms with Crippen molar-refractivity contribution in [2.75, 3.05) is 6.61 Å². The topological polar surface area (TPSA) is 101 Å². The van der Waals surface area contributed by atoms with Crippen molar-refractivity contribution in [3.05, 3.63) is 70.6 Å². The summed E-state index contributed by atoms with van der Waals surface area (Å²) < 4.78 is 47.3. The number of aromatic nitrogens is 3. The van der Waals surface area contributed by atoms with E-state index in [9.17, 15) is 28.5 Å². The van der Waals surface area contributed by atoms with Gasteiger partial charge in [0.25, 0.3) is 0 Å². The molecule has 0 radical (unpaired) electrons. The van der Waals surface area contributed by atoms with Gasteiger partial charge in [0, 0.05) is 16.3 Å². The molecule has 5 atom stereocenters. The fourth-order valence-electron chi connectivity index (χ4n) is 3.56. The Morgan fingerprint density at radius 2 is 1.79 bits per heavy atom. The maximum Gasteiger partial charge on any atom is 0.194 e. The number of halogens is 4. The van der Waals surface area contributed by atoms with Crippen molar-refractivity contribution in [3.63, 3.8) is 0 Å². The fraction of sp³-hybridized carbons (Fsp3) is 0.333. The van der Waals surface area contributed by atoms with Crippen LogP contribution in [0.3, 0.4) is 0 Å². The SMILES string of the molecule is OC[C@H]1O[C@H](SCc2ccccc2Cl)[C@H](O)[C@@H](n2cc(-c3cc(F)c(F)c(F)c3)nn2)[C@H]1O. The van der Waals surface area contributed by atoms with Crippen molar-refractivity contribution >= 4 is 23.4 Å². The Morgan fingerprint density at radius 3 is 2.45 bits per heavy atom. The van der Waals surface area contributed by atoms with E-state index in [0.717, 1.165) is 22.4 Å². The number of hydrogen-bond acceptors (Lipinski definition) is 7. The highest BCUT2D eigenvalue weighted by molar-refractivity contribution is 7.99. The van der Waals surface area contributed by atoms with E-state index in [-0.39, 0.29) is 11.3 Å².